The van der Waals surface area contributed by atoms with E-state index >= 15 is 0 Å². The third kappa shape index (κ3) is 3.40. The molecule has 0 unspecified atom stereocenters. The van der Waals surface area contributed by atoms with E-state index < -0.39 is 0 Å². The fourth-order valence-electron chi connectivity index (χ4n) is 2.29. The van der Waals surface area contributed by atoms with E-state index in [0.717, 1.165) is 0 Å². The molecule has 4 rings (SSSR count). The van der Waals surface area contributed by atoms with Crippen molar-refractivity contribution in [2.45, 2.75) is 0 Å². The van der Waals surface area contributed by atoms with Gasteiger partial charge in [-0.15, -0.1) is 0 Å². The van der Waals surface area contributed by atoms with Crippen LogP contribution in [0.4, 0.5) is 0 Å². The van der Waals surface area contributed by atoms with Gasteiger partial charge in [-0.1, -0.05) is 60.7 Å². The summed E-state index contributed by atoms with van der Waals surface area (Å²) in [5.74, 6) is 0. The molecule has 1 heterocycles. The molecule has 3 aromatic carbocycles. The predicted octanol–water partition coefficient (Wildman–Crippen LogP) is 5.17. The molecule has 1 N–H and O–H groups in total. The Morgan fingerprint density at radius 3 is 1.24 bits per heavy atom. The van der Waals surface area contributed by atoms with Crippen LogP contribution < -0.4 is 5.32 Å². The second-order valence-corrected chi connectivity index (χ2v) is 4.82. The fourth-order valence-corrected chi connectivity index (χ4v) is 2.29. The largest absolute Gasteiger partial charge is 0.368 e. The summed E-state index contributed by atoms with van der Waals surface area (Å²) in [6, 6.07) is 21.4. The number of rotatable bonds is 0. The highest BCUT2D eigenvalue weighted by Crippen LogP contribution is 2.21. The Morgan fingerprint density at radius 1 is 0.476 bits per heavy atom. The average Bonchev–Trinajstić information content (AvgIpc) is 2.86. The minimum absolute atomic E-state index is 1.31. The molecule has 102 valence electrons. The standard InChI is InChI=1S/C14H10.C6H7N/c1-2-6-12-10-14-8-4-3-7-13(14)9-11(12)5-1;1-2-4-6-7-5-3-1/h1-10H;1-7H. The van der Waals surface area contributed by atoms with Gasteiger partial charge in [0.25, 0.3) is 0 Å². The van der Waals surface area contributed by atoms with Gasteiger partial charge in [-0.3, -0.25) is 0 Å². The van der Waals surface area contributed by atoms with Crippen molar-refractivity contribution in [3.8, 4) is 0 Å². The van der Waals surface area contributed by atoms with E-state index in [0.29, 0.717) is 0 Å². The highest BCUT2D eigenvalue weighted by atomic mass is 14.8. The average molecular weight is 271 g/mol. The van der Waals surface area contributed by atoms with E-state index in [-0.39, 0.29) is 0 Å². The van der Waals surface area contributed by atoms with Gasteiger partial charge in [-0.2, -0.15) is 0 Å². The Balaban J connectivity index is 0.000000160. The normalized spacial score (nSPS) is 12.6. The molecular weight excluding hydrogens is 254 g/mol. The van der Waals surface area contributed by atoms with Crippen LogP contribution in [0.5, 0.6) is 0 Å². The molecule has 1 aliphatic heterocycles. The molecule has 0 bridgehead atoms. The van der Waals surface area contributed by atoms with E-state index in [1.54, 1.807) is 0 Å². The fraction of sp³-hybridized carbons (Fsp3) is 0. The lowest BCUT2D eigenvalue weighted by molar-refractivity contribution is 1.20. The van der Waals surface area contributed by atoms with Gasteiger partial charge in [0.2, 0.25) is 0 Å². The quantitative estimate of drug-likeness (QED) is 0.556. The van der Waals surface area contributed by atoms with E-state index in [4.69, 9.17) is 0 Å². The first-order valence-electron chi connectivity index (χ1n) is 7.05. The second-order valence-electron chi connectivity index (χ2n) is 4.82. The molecule has 0 fully saturated rings. The molecule has 0 amide bonds. The number of fused-ring (bicyclic) bond motifs is 2. The number of nitrogens with one attached hydrogen (secondary N) is 1. The molecule has 0 atom stereocenters. The van der Waals surface area contributed by atoms with Crippen molar-refractivity contribution in [3.63, 3.8) is 0 Å². The Kier molecular flexibility index (Phi) is 4.13. The summed E-state index contributed by atoms with van der Waals surface area (Å²) in [5, 5.41) is 8.17. The van der Waals surface area contributed by atoms with Gasteiger partial charge >= 0.3 is 0 Å². The first kappa shape index (κ1) is 13.2. The Hall–Kier alpha value is -2.80. The third-order valence-corrected chi connectivity index (χ3v) is 3.33. The molecule has 1 aliphatic rings. The zero-order chi connectivity index (χ0) is 14.3. The molecule has 0 aromatic heterocycles. The minimum Gasteiger partial charge on any atom is -0.368 e. The van der Waals surface area contributed by atoms with Gasteiger partial charge in [0, 0.05) is 12.4 Å². The maximum Gasteiger partial charge on any atom is 0.000442 e. The molecule has 3 aromatic rings. The second kappa shape index (κ2) is 6.58. The summed E-state index contributed by atoms with van der Waals surface area (Å²) in [6.45, 7) is 0. The lowest BCUT2D eigenvalue weighted by Crippen LogP contribution is -1.87. The van der Waals surface area contributed by atoms with E-state index in [2.05, 4.69) is 66.0 Å². The third-order valence-electron chi connectivity index (χ3n) is 3.33. The number of benzene rings is 3. The van der Waals surface area contributed by atoms with Crippen LogP contribution in [0.15, 0.2) is 97.4 Å². The monoisotopic (exact) mass is 271 g/mol. The molecule has 0 radical (unpaired) electrons. The summed E-state index contributed by atoms with van der Waals surface area (Å²) in [7, 11) is 0. The SMILES string of the molecule is C1=CC=CNC=C1.c1ccc2cc3ccccc3cc2c1. The van der Waals surface area contributed by atoms with Crippen LogP contribution in [0, 0.1) is 0 Å². The lowest BCUT2D eigenvalue weighted by atomic mass is 10.0. The van der Waals surface area contributed by atoms with Crippen molar-refractivity contribution in [2.75, 3.05) is 0 Å². The summed E-state index contributed by atoms with van der Waals surface area (Å²) < 4.78 is 0. The predicted molar refractivity (Wildman–Crippen MR) is 92.0 cm³/mol. The van der Waals surface area contributed by atoms with Crippen LogP contribution in [0.2, 0.25) is 0 Å². The van der Waals surface area contributed by atoms with Gasteiger partial charge in [-0.05, 0) is 45.8 Å². The molecule has 0 saturated heterocycles. The maximum absolute atomic E-state index is 2.92. The molecule has 0 spiro atoms. The molecule has 1 nitrogen and oxygen atoms in total. The lowest BCUT2D eigenvalue weighted by Gasteiger charge is -2.00. The van der Waals surface area contributed by atoms with Gasteiger partial charge < -0.3 is 5.32 Å². The number of hydrogen-bond acceptors (Lipinski definition) is 1. The molecule has 1 heteroatoms. The smallest absolute Gasteiger partial charge is 0.000442 e. The van der Waals surface area contributed by atoms with Crippen LogP contribution in [0.1, 0.15) is 0 Å². The Bertz CT molecular complexity index is 706. The molecular formula is C20H17N. The summed E-state index contributed by atoms with van der Waals surface area (Å²) in [5.41, 5.74) is 0. The highest BCUT2D eigenvalue weighted by Gasteiger charge is 1.95. The van der Waals surface area contributed by atoms with Gasteiger partial charge in [0.05, 0.1) is 0 Å². The topological polar surface area (TPSA) is 12.0 Å². The van der Waals surface area contributed by atoms with Crippen molar-refractivity contribution in [1.29, 1.82) is 0 Å². The zero-order valence-electron chi connectivity index (χ0n) is 11.7. The van der Waals surface area contributed by atoms with Crippen LogP contribution in [-0.2, 0) is 0 Å². The van der Waals surface area contributed by atoms with E-state index in [1.165, 1.54) is 21.5 Å². The van der Waals surface area contributed by atoms with Gasteiger partial charge in [0.1, 0.15) is 0 Å². The Labute approximate surface area is 124 Å². The summed E-state index contributed by atoms with van der Waals surface area (Å²) >= 11 is 0. The van der Waals surface area contributed by atoms with Gasteiger partial charge in [0.15, 0.2) is 0 Å². The molecule has 21 heavy (non-hydrogen) atoms. The van der Waals surface area contributed by atoms with Gasteiger partial charge in [-0.25, -0.2) is 0 Å². The summed E-state index contributed by atoms with van der Waals surface area (Å²) in [6.07, 6.45) is 11.6. The van der Waals surface area contributed by atoms with Crippen molar-refractivity contribution < 1.29 is 0 Å². The number of allylic oxidation sites excluding steroid dienone is 4. The van der Waals surface area contributed by atoms with Crippen LogP contribution in [0.25, 0.3) is 21.5 Å². The first-order chi connectivity index (χ1) is 10.4. The molecule has 0 saturated carbocycles. The molecule has 0 aliphatic carbocycles. The van der Waals surface area contributed by atoms with Crippen LogP contribution in [-0.4, -0.2) is 0 Å². The summed E-state index contributed by atoms with van der Waals surface area (Å²) in [4.78, 5) is 0. The van der Waals surface area contributed by atoms with Crippen molar-refractivity contribution in [1.82, 2.24) is 5.32 Å². The first-order valence-corrected chi connectivity index (χ1v) is 7.05. The maximum atomic E-state index is 2.92. The number of hydrogen-bond donors (Lipinski definition) is 1. The van der Waals surface area contributed by atoms with E-state index in [1.807, 2.05) is 36.7 Å². The minimum atomic E-state index is 1.31. The van der Waals surface area contributed by atoms with Crippen molar-refractivity contribution in [2.24, 2.45) is 0 Å². The van der Waals surface area contributed by atoms with E-state index in [9.17, 15) is 0 Å². The highest BCUT2D eigenvalue weighted by molar-refractivity contribution is 5.98. The van der Waals surface area contributed by atoms with Crippen molar-refractivity contribution in [3.05, 3.63) is 97.4 Å². The zero-order valence-corrected chi connectivity index (χ0v) is 11.7. The van der Waals surface area contributed by atoms with Crippen LogP contribution >= 0.6 is 0 Å². The Morgan fingerprint density at radius 2 is 0.857 bits per heavy atom. The van der Waals surface area contributed by atoms with Crippen LogP contribution in [0.3, 0.4) is 0 Å². The van der Waals surface area contributed by atoms with Crippen molar-refractivity contribution >= 4 is 21.5 Å².